The van der Waals surface area contributed by atoms with Gasteiger partial charge in [-0.05, 0) is 56.1 Å². The van der Waals surface area contributed by atoms with Crippen molar-refractivity contribution in [2.24, 2.45) is 5.92 Å². The van der Waals surface area contributed by atoms with E-state index in [1.54, 1.807) is 6.20 Å². The van der Waals surface area contributed by atoms with Crippen molar-refractivity contribution in [1.29, 1.82) is 0 Å². The predicted octanol–water partition coefficient (Wildman–Crippen LogP) is 2.68. The molecule has 2 aliphatic heterocycles. The van der Waals surface area contributed by atoms with Gasteiger partial charge in [-0.25, -0.2) is 9.69 Å². The molecule has 1 N–H and O–H groups in total. The number of imide groups is 1. The average molecular weight is 342 g/mol. The molecule has 6 nitrogen and oxygen atoms in total. The van der Waals surface area contributed by atoms with Gasteiger partial charge in [-0.3, -0.25) is 14.7 Å². The Kier molecular flexibility index (Phi) is 4.23. The maximum absolute atomic E-state index is 13.0. The maximum Gasteiger partial charge on any atom is 0.326 e. The molecule has 3 heterocycles. The smallest absolute Gasteiger partial charge is 0.323 e. The van der Waals surface area contributed by atoms with Crippen LogP contribution in [0.5, 0.6) is 0 Å². The molecule has 1 aromatic rings. The second-order valence-corrected chi connectivity index (χ2v) is 7.83. The molecule has 134 valence electrons. The lowest BCUT2D eigenvalue weighted by molar-refractivity contribution is -0.134. The highest BCUT2D eigenvalue weighted by atomic mass is 16.2. The van der Waals surface area contributed by atoms with Crippen molar-refractivity contribution in [1.82, 2.24) is 20.1 Å². The lowest BCUT2D eigenvalue weighted by atomic mass is 9.77. The predicted molar refractivity (Wildman–Crippen MR) is 93.5 cm³/mol. The van der Waals surface area contributed by atoms with Crippen LogP contribution in [0.2, 0.25) is 0 Å². The number of likely N-dealkylation sites (tertiary alicyclic amines) is 1. The van der Waals surface area contributed by atoms with Crippen LogP contribution >= 0.6 is 0 Å². The molecule has 3 amide bonds. The Morgan fingerprint density at radius 2 is 2.08 bits per heavy atom. The van der Waals surface area contributed by atoms with Gasteiger partial charge in [-0.15, -0.1) is 0 Å². The first-order valence-corrected chi connectivity index (χ1v) is 9.37. The van der Waals surface area contributed by atoms with Crippen LogP contribution in [0, 0.1) is 5.92 Å². The van der Waals surface area contributed by atoms with E-state index < -0.39 is 5.54 Å². The molecule has 6 heteroatoms. The van der Waals surface area contributed by atoms with Crippen molar-refractivity contribution in [2.45, 2.75) is 57.0 Å². The molecule has 1 saturated carbocycles. The van der Waals surface area contributed by atoms with E-state index in [-0.39, 0.29) is 18.0 Å². The molecule has 1 aliphatic carbocycles. The van der Waals surface area contributed by atoms with E-state index in [4.69, 9.17) is 0 Å². The van der Waals surface area contributed by atoms with Crippen LogP contribution in [-0.2, 0) is 4.79 Å². The first-order valence-electron chi connectivity index (χ1n) is 9.37. The summed E-state index contributed by atoms with van der Waals surface area (Å²) in [4.78, 5) is 33.4. The molecule has 0 radical (unpaired) electrons. The van der Waals surface area contributed by atoms with Crippen molar-refractivity contribution in [3.63, 3.8) is 0 Å². The number of carbonyl (C=O) groups excluding carboxylic acids is 2. The molecular formula is C19H26N4O2. The number of carbonyl (C=O) groups is 2. The van der Waals surface area contributed by atoms with Gasteiger partial charge in [0.2, 0.25) is 0 Å². The zero-order valence-electron chi connectivity index (χ0n) is 14.8. The number of nitrogens with zero attached hydrogens (tertiary/aromatic N) is 3. The summed E-state index contributed by atoms with van der Waals surface area (Å²) in [5.41, 5.74) is 0.515. The highest BCUT2D eigenvalue weighted by Crippen LogP contribution is 2.37. The van der Waals surface area contributed by atoms with Crippen LogP contribution < -0.4 is 5.32 Å². The van der Waals surface area contributed by atoms with Gasteiger partial charge in [-0.2, -0.15) is 0 Å². The molecule has 25 heavy (non-hydrogen) atoms. The Balaban J connectivity index is 1.49. The standard InChI is InChI=1S/C19H26N4O2/c1-14-6-8-19(9-7-14)17(24)23(18(25)21-19)13-22-11-3-5-16(22)15-4-2-10-20-12-15/h2,4,10,12,14,16H,3,5-9,11,13H2,1H3,(H,21,25). The van der Waals surface area contributed by atoms with Gasteiger partial charge in [0.25, 0.3) is 5.91 Å². The minimum absolute atomic E-state index is 0.0266. The topological polar surface area (TPSA) is 65.5 Å². The minimum atomic E-state index is -0.646. The Morgan fingerprint density at radius 3 is 2.80 bits per heavy atom. The molecule has 1 unspecified atom stereocenters. The number of hydrogen-bond donors (Lipinski definition) is 1. The Labute approximate surface area is 148 Å². The highest BCUT2D eigenvalue weighted by Gasteiger charge is 2.52. The van der Waals surface area contributed by atoms with E-state index in [9.17, 15) is 9.59 Å². The van der Waals surface area contributed by atoms with Gasteiger partial charge < -0.3 is 5.32 Å². The number of urea groups is 1. The Hall–Kier alpha value is -1.95. The van der Waals surface area contributed by atoms with Gasteiger partial charge in [0.1, 0.15) is 5.54 Å². The van der Waals surface area contributed by atoms with Gasteiger partial charge in [0, 0.05) is 25.0 Å². The van der Waals surface area contributed by atoms with E-state index in [1.165, 1.54) is 4.90 Å². The number of rotatable bonds is 3. The zero-order chi connectivity index (χ0) is 17.4. The van der Waals surface area contributed by atoms with E-state index in [1.807, 2.05) is 12.3 Å². The molecular weight excluding hydrogens is 316 g/mol. The van der Waals surface area contributed by atoms with Crippen molar-refractivity contribution >= 4 is 11.9 Å². The molecule has 1 spiro atoms. The van der Waals surface area contributed by atoms with Gasteiger partial charge in [0.15, 0.2) is 0 Å². The number of aromatic nitrogens is 1. The summed E-state index contributed by atoms with van der Waals surface area (Å²) in [5.74, 6) is 0.610. The highest BCUT2D eigenvalue weighted by molar-refractivity contribution is 6.07. The lowest BCUT2D eigenvalue weighted by Crippen LogP contribution is -2.50. The minimum Gasteiger partial charge on any atom is -0.323 e. The summed E-state index contributed by atoms with van der Waals surface area (Å²) in [5, 5.41) is 3.02. The van der Waals surface area contributed by atoms with E-state index in [0.717, 1.165) is 50.6 Å². The van der Waals surface area contributed by atoms with Crippen molar-refractivity contribution < 1.29 is 9.59 Å². The van der Waals surface area contributed by atoms with Crippen molar-refractivity contribution in [2.75, 3.05) is 13.2 Å². The summed E-state index contributed by atoms with van der Waals surface area (Å²) < 4.78 is 0. The fraction of sp³-hybridized carbons (Fsp3) is 0.632. The fourth-order valence-corrected chi connectivity index (χ4v) is 4.53. The van der Waals surface area contributed by atoms with Gasteiger partial charge in [0.05, 0.1) is 6.67 Å². The molecule has 0 aromatic carbocycles. The summed E-state index contributed by atoms with van der Waals surface area (Å²) in [6.45, 7) is 3.50. The molecule has 3 fully saturated rings. The molecule has 4 rings (SSSR count). The summed E-state index contributed by atoms with van der Waals surface area (Å²) in [6, 6.07) is 4.03. The third-order valence-corrected chi connectivity index (χ3v) is 6.13. The first-order chi connectivity index (χ1) is 12.1. The third kappa shape index (κ3) is 2.92. The zero-order valence-corrected chi connectivity index (χ0v) is 14.8. The summed E-state index contributed by atoms with van der Waals surface area (Å²) in [7, 11) is 0. The normalized spacial score (nSPS) is 33.2. The molecule has 1 atom stereocenters. The van der Waals surface area contributed by atoms with Crippen LogP contribution in [0.4, 0.5) is 4.79 Å². The molecule has 1 aromatic heterocycles. The van der Waals surface area contributed by atoms with Crippen LogP contribution in [-0.4, -0.2) is 45.5 Å². The van der Waals surface area contributed by atoms with E-state index >= 15 is 0 Å². The number of amides is 3. The fourth-order valence-electron chi connectivity index (χ4n) is 4.53. The van der Waals surface area contributed by atoms with Crippen molar-refractivity contribution in [3.05, 3.63) is 30.1 Å². The van der Waals surface area contributed by atoms with E-state index in [0.29, 0.717) is 12.6 Å². The quantitative estimate of drug-likeness (QED) is 0.858. The van der Waals surface area contributed by atoms with Crippen LogP contribution in [0.15, 0.2) is 24.5 Å². The third-order valence-electron chi connectivity index (χ3n) is 6.13. The SMILES string of the molecule is CC1CCC2(CC1)NC(=O)N(CN1CCCC1c1cccnc1)C2=O. The number of hydrogen-bond acceptors (Lipinski definition) is 4. The first kappa shape index (κ1) is 16.5. The summed E-state index contributed by atoms with van der Waals surface area (Å²) >= 11 is 0. The number of pyridine rings is 1. The van der Waals surface area contributed by atoms with Crippen LogP contribution in [0.1, 0.15) is 57.1 Å². The second kappa shape index (κ2) is 6.41. The average Bonchev–Trinajstić information content (AvgIpc) is 3.18. The second-order valence-electron chi connectivity index (χ2n) is 7.83. The molecule has 2 saturated heterocycles. The lowest BCUT2D eigenvalue weighted by Gasteiger charge is -2.34. The largest absolute Gasteiger partial charge is 0.326 e. The number of nitrogens with one attached hydrogen (secondary N) is 1. The molecule has 0 bridgehead atoms. The Morgan fingerprint density at radius 1 is 1.28 bits per heavy atom. The molecule has 3 aliphatic rings. The Bertz CT molecular complexity index is 655. The van der Waals surface area contributed by atoms with Crippen LogP contribution in [0.3, 0.4) is 0 Å². The van der Waals surface area contributed by atoms with E-state index in [2.05, 4.69) is 28.2 Å². The van der Waals surface area contributed by atoms with Gasteiger partial charge >= 0.3 is 6.03 Å². The monoisotopic (exact) mass is 342 g/mol. The summed E-state index contributed by atoms with van der Waals surface area (Å²) in [6.07, 6.45) is 9.31. The van der Waals surface area contributed by atoms with Gasteiger partial charge in [-0.1, -0.05) is 13.0 Å². The van der Waals surface area contributed by atoms with Crippen molar-refractivity contribution in [3.8, 4) is 0 Å². The maximum atomic E-state index is 13.0. The van der Waals surface area contributed by atoms with Crippen LogP contribution in [0.25, 0.3) is 0 Å².